The maximum absolute atomic E-state index is 14.1. The molecule has 11 heteroatoms. The summed E-state index contributed by atoms with van der Waals surface area (Å²) in [5, 5.41) is 0. The number of esters is 4. The van der Waals surface area contributed by atoms with Crippen molar-refractivity contribution in [2.75, 3.05) is 6.61 Å². The lowest BCUT2D eigenvalue weighted by atomic mass is 9.47. The summed E-state index contributed by atoms with van der Waals surface area (Å²) >= 11 is 0. The minimum atomic E-state index is -1.49. The van der Waals surface area contributed by atoms with E-state index in [9.17, 15) is 24.0 Å². The molecule has 0 radical (unpaired) electrons. The first-order chi connectivity index (χ1) is 31.0. The monoisotopic (exact) mass is 866 g/mol. The molecule has 1 saturated heterocycles. The predicted molar refractivity (Wildman–Crippen MR) is 234 cm³/mol. The number of hydrogen-bond donors (Lipinski definition) is 0. The Kier molecular flexibility index (Phi) is 12.4. The summed E-state index contributed by atoms with van der Waals surface area (Å²) < 4.78 is 38.7. The zero-order chi connectivity index (χ0) is 44.4. The van der Waals surface area contributed by atoms with E-state index >= 15 is 0 Å². The average molecular weight is 867 g/mol. The van der Waals surface area contributed by atoms with E-state index in [2.05, 4.69) is 13.8 Å². The molecule has 1 aliphatic heterocycles. The van der Waals surface area contributed by atoms with Crippen LogP contribution in [0.1, 0.15) is 107 Å². The second-order valence-corrected chi connectivity index (χ2v) is 18.4. The minimum Gasteiger partial charge on any atom is -0.459 e. The number of fused-ring (bicyclic) bond motifs is 5. The molecule has 0 bridgehead atoms. The van der Waals surface area contributed by atoms with Gasteiger partial charge in [0.1, 0.15) is 12.7 Å². The van der Waals surface area contributed by atoms with Crippen LogP contribution in [0.25, 0.3) is 0 Å². The molecule has 5 aliphatic rings. The van der Waals surface area contributed by atoms with Crippen LogP contribution in [0.2, 0.25) is 0 Å². The van der Waals surface area contributed by atoms with Gasteiger partial charge in [-0.25, -0.2) is 19.2 Å². The third-order valence-corrected chi connectivity index (χ3v) is 14.9. The zero-order valence-corrected chi connectivity index (χ0v) is 36.2. The van der Waals surface area contributed by atoms with E-state index in [0.717, 1.165) is 38.5 Å². The molecule has 0 N–H and O–H groups in total. The molecule has 9 rings (SSSR count). The summed E-state index contributed by atoms with van der Waals surface area (Å²) in [5.41, 5.74) is 1.97. The molecule has 332 valence electrons. The van der Waals surface area contributed by atoms with Crippen LogP contribution in [0.4, 0.5) is 0 Å². The van der Waals surface area contributed by atoms with Gasteiger partial charge < -0.3 is 28.4 Å². The van der Waals surface area contributed by atoms with Crippen LogP contribution in [0.5, 0.6) is 0 Å². The number of benzene rings is 4. The number of ketones is 1. The second-order valence-electron chi connectivity index (χ2n) is 18.4. The molecule has 11 atom stereocenters. The number of allylic oxidation sites excluding steroid dienone is 1. The smallest absolute Gasteiger partial charge is 0.338 e. The van der Waals surface area contributed by atoms with Crippen LogP contribution in [-0.2, 0) is 33.2 Å². The van der Waals surface area contributed by atoms with Gasteiger partial charge in [-0.1, -0.05) is 92.2 Å². The number of carbonyl (C=O) groups is 5. The van der Waals surface area contributed by atoms with Crippen LogP contribution in [0.3, 0.4) is 0 Å². The highest BCUT2D eigenvalue weighted by molar-refractivity contribution is 5.92. The Morgan fingerprint density at radius 3 is 1.66 bits per heavy atom. The number of hydrogen-bond acceptors (Lipinski definition) is 11. The van der Waals surface area contributed by atoms with Crippen molar-refractivity contribution in [1.82, 2.24) is 0 Å². The largest absolute Gasteiger partial charge is 0.459 e. The van der Waals surface area contributed by atoms with Gasteiger partial charge in [-0.05, 0) is 128 Å². The Morgan fingerprint density at radius 1 is 0.578 bits per heavy atom. The van der Waals surface area contributed by atoms with Gasteiger partial charge in [0.05, 0.1) is 28.4 Å². The van der Waals surface area contributed by atoms with Gasteiger partial charge >= 0.3 is 23.9 Å². The van der Waals surface area contributed by atoms with E-state index in [1.54, 1.807) is 121 Å². The summed E-state index contributed by atoms with van der Waals surface area (Å²) in [7, 11) is 0. The van der Waals surface area contributed by atoms with Crippen LogP contribution < -0.4 is 0 Å². The Morgan fingerprint density at radius 2 is 1.09 bits per heavy atom. The third-order valence-electron chi connectivity index (χ3n) is 14.9. The van der Waals surface area contributed by atoms with Crippen LogP contribution in [0.15, 0.2) is 133 Å². The molecule has 0 unspecified atom stereocenters. The van der Waals surface area contributed by atoms with E-state index in [4.69, 9.17) is 28.4 Å². The van der Waals surface area contributed by atoms with Gasteiger partial charge in [-0.2, -0.15) is 0 Å². The lowest BCUT2D eigenvalue weighted by Gasteiger charge is -2.58. The van der Waals surface area contributed by atoms with E-state index in [1.807, 2.05) is 6.08 Å². The summed E-state index contributed by atoms with van der Waals surface area (Å²) in [4.78, 5) is 68.2. The van der Waals surface area contributed by atoms with Crippen molar-refractivity contribution in [2.45, 2.75) is 102 Å². The molecule has 64 heavy (non-hydrogen) atoms. The predicted octanol–water partition coefficient (Wildman–Crippen LogP) is 9.16. The lowest BCUT2D eigenvalue weighted by Crippen LogP contribution is -2.64. The molecule has 11 nitrogen and oxygen atoms in total. The van der Waals surface area contributed by atoms with Crippen molar-refractivity contribution in [2.24, 2.45) is 28.6 Å². The maximum atomic E-state index is 14.1. The normalized spacial score (nSPS) is 31.8. The molecule has 4 fully saturated rings. The third kappa shape index (κ3) is 8.55. The number of rotatable bonds is 11. The average Bonchev–Trinajstić information content (AvgIpc) is 3.66. The highest BCUT2D eigenvalue weighted by atomic mass is 16.7. The van der Waals surface area contributed by atoms with Gasteiger partial charge in [0.15, 0.2) is 30.4 Å². The first kappa shape index (κ1) is 43.3. The van der Waals surface area contributed by atoms with Crippen molar-refractivity contribution in [1.29, 1.82) is 0 Å². The highest BCUT2D eigenvalue weighted by Crippen LogP contribution is 2.66. The van der Waals surface area contributed by atoms with Gasteiger partial charge in [-0.15, -0.1) is 0 Å². The topological polar surface area (TPSA) is 141 Å². The van der Waals surface area contributed by atoms with Gasteiger partial charge in [0.2, 0.25) is 0 Å². The Hall–Kier alpha value is -5.91. The maximum Gasteiger partial charge on any atom is 0.338 e. The number of ether oxygens (including phenoxy) is 6. The van der Waals surface area contributed by atoms with Crippen LogP contribution in [0, 0.1) is 28.6 Å². The highest BCUT2D eigenvalue weighted by Gasteiger charge is 2.61. The Labute approximate surface area is 373 Å². The quantitative estimate of drug-likeness (QED) is 0.105. The fourth-order valence-corrected chi connectivity index (χ4v) is 11.5. The van der Waals surface area contributed by atoms with Gasteiger partial charge in [0, 0.05) is 6.42 Å². The zero-order valence-electron chi connectivity index (χ0n) is 36.2. The molecule has 3 saturated carbocycles. The Bertz CT molecular complexity index is 2370. The summed E-state index contributed by atoms with van der Waals surface area (Å²) in [6, 6.07) is 33.5. The van der Waals surface area contributed by atoms with Crippen molar-refractivity contribution < 1.29 is 52.4 Å². The van der Waals surface area contributed by atoms with Crippen molar-refractivity contribution >= 4 is 29.7 Å². The molecule has 4 aliphatic carbocycles. The van der Waals surface area contributed by atoms with Crippen molar-refractivity contribution in [3.05, 3.63) is 155 Å². The molecule has 0 amide bonds. The van der Waals surface area contributed by atoms with Crippen molar-refractivity contribution in [3.63, 3.8) is 0 Å². The number of carbonyl (C=O) groups excluding carboxylic acids is 5. The second kappa shape index (κ2) is 18.3. The van der Waals surface area contributed by atoms with Crippen LogP contribution >= 0.6 is 0 Å². The summed E-state index contributed by atoms with van der Waals surface area (Å²) in [6.07, 6.45) is 1.41. The molecular weight excluding hydrogens is 813 g/mol. The lowest BCUT2D eigenvalue weighted by molar-refractivity contribution is -0.317. The molecule has 4 aromatic carbocycles. The molecular formula is C53H54O11. The summed E-state index contributed by atoms with van der Waals surface area (Å²) in [6.45, 7) is 4.22. The SMILES string of the molecule is C[C@]12CC[C@H]3[C@@H](CCC4=CC(=O)CC[C@@]43C)[C@@H]1CC[C@@H]2O[C@@H]1O[C@H](COC(=O)c2ccccc2)[C@@H](OC(=O)c2ccccc2)[C@H](OC(=O)c2ccccc2)[C@H]1OC(=O)c1ccccc1. The van der Waals surface area contributed by atoms with E-state index in [-0.39, 0.29) is 39.4 Å². The fraction of sp³-hybridized carbons (Fsp3) is 0.415. The van der Waals surface area contributed by atoms with Crippen LogP contribution in [-0.4, -0.2) is 73.1 Å². The molecule has 0 spiro atoms. The molecule has 1 heterocycles. The first-order valence-corrected chi connectivity index (χ1v) is 22.6. The van der Waals surface area contributed by atoms with Gasteiger partial charge in [-0.3, -0.25) is 4.79 Å². The van der Waals surface area contributed by atoms with E-state index in [1.165, 1.54) is 5.57 Å². The first-order valence-electron chi connectivity index (χ1n) is 22.6. The van der Waals surface area contributed by atoms with Crippen molar-refractivity contribution in [3.8, 4) is 0 Å². The Balaban J connectivity index is 1.08. The summed E-state index contributed by atoms with van der Waals surface area (Å²) in [5.74, 6) is -1.44. The molecule has 0 aromatic heterocycles. The van der Waals surface area contributed by atoms with E-state index in [0.29, 0.717) is 36.2 Å². The van der Waals surface area contributed by atoms with E-state index < -0.39 is 61.2 Å². The molecule has 4 aromatic rings. The fourth-order valence-electron chi connectivity index (χ4n) is 11.5. The minimum absolute atomic E-state index is 0.00717. The van der Waals surface area contributed by atoms with Gasteiger partial charge in [0.25, 0.3) is 0 Å². The standard InChI is InChI=1S/C53H54O11/c1-52-29-27-38(54)31-37(52)23-24-39-40-25-26-43(53(40,2)30-28-41(39)52)61-51-46(64-50(58)36-21-13-6-14-22-36)45(63-49(57)35-19-11-5-12-20-35)44(62-48(56)34-17-9-4-10-18-34)42(60-51)32-59-47(55)33-15-7-3-8-16-33/h3-22,31,39-46,51H,23-30,32H2,1-2H3/t39-,40-,41-,42+,43-,44+,45-,46+,51-,52-,53-/m0/s1.